The van der Waals surface area contributed by atoms with E-state index in [0.717, 1.165) is 23.3 Å². The number of fused-ring (bicyclic) bond motifs is 5. The van der Waals surface area contributed by atoms with Crippen LogP contribution in [0.2, 0.25) is 0 Å². The molecule has 18 heteroatoms. The van der Waals surface area contributed by atoms with Crippen LogP contribution in [-0.4, -0.2) is 64.5 Å². The van der Waals surface area contributed by atoms with E-state index >= 15 is 0 Å². The van der Waals surface area contributed by atoms with Crippen LogP contribution in [0.15, 0.2) is 107 Å². The Kier molecular flexibility index (Phi) is 13.2. The first-order valence-electron chi connectivity index (χ1n) is 19.5. The summed E-state index contributed by atoms with van der Waals surface area (Å²) in [6, 6.07) is 19.8. The quantitative estimate of drug-likeness (QED) is 0.0391. The number of benzene rings is 3. The van der Waals surface area contributed by atoms with E-state index in [1.807, 2.05) is 42.5 Å². The molecule has 3 aliphatic rings. The van der Waals surface area contributed by atoms with Gasteiger partial charge in [0.15, 0.2) is 11.3 Å². The Hall–Kier alpha value is -6.00. The Labute approximate surface area is 349 Å². The van der Waals surface area contributed by atoms with Crippen molar-refractivity contribution < 1.29 is 55.6 Å². The number of carbonyl (C=O) groups excluding carboxylic acids is 3. The highest BCUT2D eigenvalue weighted by Crippen LogP contribution is 2.51. The third-order valence-corrected chi connectivity index (χ3v) is 11.7. The summed E-state index contributed by atoms with van der Waals surface area (Å²) in [4.78, 5) is 62.3. The van der Waals surface area contributed by atoms with E-state index in [9.17, 15) is 32.5 Å². The summed E-state index contributed by atoms with van der Waals surface area (Å²) in [6.07, 6.45) is 4.97. The van der Waals surface area contributed by atoms with E-state index in [1.165, 1.54) is 15.7 Å². The third kappa shape index (κ3) is 9.97. The average molecular weight is 861 g/mol. The Bertz CT molecular complexity index is 2400. The largest absolute Gasteiger partial charge is 0.475 e. The zero-order chi connectivity index (χ0) is 43.1. The molecule has 4 aromatic rings. The van der Waals surface area contributed by atoms with Gasteiger partial charge in [0.2, 0.25) is 18.0 Å². The molecule has 2 bridgehead atoms. The number of phosphoric ester groups is 1. The van der Waals surface area contributed by atoms with Crippen molar-refractivity contribution in [2.45, 2.75) is 70.6 Å². The van der Waals surface area contributed by atoms with Crippen LogP contribution in [0.3, 0.4) is 0 Å². The minimum atomic E-state index is -4.10. The summed E-state index contributed by atoms with van der Waals surface area (Å²) < 4.78 is 70.9. The summed E-state index contributed by atoms with van der Waals surface area (Å²) in [5.41, 5.74) is -0.656. The molecular weight excluding hydrogens is 817 g/mol. The lowest BCUT2D eigenvalue weighted by atomic mass is 9.87. The van der Waals surface area contributed by atoms with Crippen LogP contribution in [-0.2, 0) is 52.3 Å². The van der Waals surface area contributed by atoms with Crippen LogP contribution >= 0.6 is 7.82 Å². The maximum absolute atomic E-state index is 14.4. The first-order valence-corrected chi connectivity index (χ1v) is 20.9. The van der Waals surface area contributed by atoms with Crippen molar-refractivity contribution in [3.05, 3.63) is 147 Å². The number of pyridine rings is 1. The van der Waals surface area contributed by atoms with Gasteiger partial charge >= 0.3 is 13.8 Å². The molecule has 1 N–H and O–H groups in total. The van der Waals surface area contributed by atoms with E-state index in [0.29, 0.717) is 18.2 Å². The zero-order valence-corrected chi connectivity index (χ0v) is 34.2. The van der Waals surface area contributed by atoms with Gasteiger partial charge in [0.1, 0.15) is 17.2 Å². The topological polar surface area (TPSA) is 173 Å². The smallest absolute Gasteiger partial charge is 0.451 e. The standard InChI is InChI=1S/C43H43F2N4O11P/c1-28-21-43(60-47-28)18-17-29(2)48-24-36(43)49-23-34(41(52)46-22-32-15-16-33(44)20-35(32)45)39(51)40(38(49)42(48)53)56-27-55-37(50)14-9-19-57-61(54,58-25-30-10-5-3-6-11-30)59-26-31-12-7-4-8-13-31/h3-8,10-13,15-18,20,23,29,36H,9,14,19,21-22,24-27H2,1-2H3,(H,46,52)/t29-,36+,43-/m0/s1. The third-order valence-electron chi connectivity index (χ3n) is 10.3. The fourth-order valence-electron chi connectivity index (χ4n) is 7.13. The summed E-state index contributed by atoms with van der Waals surface area (Å²) in [5.74, 6) is -4.59. The number of esters is 1. The van der Waals surface area contributed by atoms with Crippen LogP contribution < -0.4 is 15.5 Å². The molecular formula is C43H43F2N4O11P. The number of hydrogen-bond acceptors (Lipinski definition) is 12. The van der Waals surface area contributed by atoms with Crippen molar-refractivity contribution in [2.75, 3.05) is 19.9 Å². The number of aromatic nitrogens is 1. The molecule has 7 rings (SSSR count). The van der Waals surface area contributed by atoms with Gasteiger partial charge in [0, 0.05) is 49.8 Å². The number of carbonyl (C=O) groups is 3. The number of oxime groups is 1. The number of hydrogen-bond donors (Lipinski definition) is 1. The monoisotopic (exact) mass is 860 g/mol. The highest BCUT2D eigenvalue weighted by atomic mass is 31.2. The average Bonchev–Trinajstić information content (AvgIpc) is 3.59. The van der Waals surface area contributed by atoms with Gasteiger partial charge in [-0.15, -0.1) is 0 Å². The van der Waals surface area contributed by atoms with E-state index < -0.39 is 85.0 Å². The summed E-state index contributed by atoms with van der Waals surface area (Å²) >= 11 is 0. The minimum absolute atomic E-state index is 0.0260. The molecule has 3 atom stereocenters. The predicted octanol–water partition coefficient (Wildman–Crippen LogP) is 6.76. The summed E-state index contributed by atoms with van der Waals surface area (Å²) in [5, 5.41) is 6.65. The van der Waals surface area contributed by atoms with Gasteiger partial charge < -0.3 is 29.1 Å². The van der Waals surface area contributed by atoms with Crippen LogP contribution in [0.25, 0.3) is 0 Å². The van der Waals surface area contributed by atoms with E-state index in [2.05, 4.69) is 10.5 Å². The molecule has 0 radical (unpaired) electrons. The molecule has 15 nitrogen and oxygen atoms in total. The Morgan fingerprint density at radius 1 is 0.984 bits per heavy atom. The molecule has 0 aliphatic carbocycles. The van der Waals surface area contributed by atoms with Crippen LogP contribution in [0.5, 0.6) is 5.75 Å². The molecule has 3 aromatic carbocycles. The normalized spacial score (nSPS) is 19.2. The van der Waals surface area contributed by atoms with Gasteiger partial charge in [-0.05, 0) is 43.5 Å². The fraction of sp³-hybridized carbons (Fsp3) is 0.326. The van der Waals surface area contributed by atoms with Gasteiger partial charge in [0.25, 0.3) is 11.8 Å². The van der Waals surface area contributed by atoms with E-state index in [4.69, 9.17) is 27.9 Å². The van der Waals surface area contributed by atoms with Crippen molar-refractivity contribution in [3.8, 4) is 5.75 Å². The first-order chi connectivity index (χ1) is 29.3. The number of rotatable bonds is 17. The molecule has 0 fully saturated rings. The predicted molar refractivity (Wildman–Crippen MR) is 215 cm³/mol. The summed E-state index contributed by atoms with van der Waals surface area (Å²) in [6.45, 7) is 2.16. The minimum Gasteiger partial charge on any atom is -0.451 e. The van der Waals surface area contributed by atoms with Gasteiger partial charge in [-0.1, -0.05) is 78.0 Å². The van der Waals surface area contributed by atoms with Crippen LogP contribution in [0, 0.1) is 11.6 Å². The lowest BCUT2D eigenvalue weighted by molar-refractivity contribution is -0.150. The number of ether oxygens (including phenoxy) is 2. The number of phosphoric acid groups is 1. The maximum Gasteiger partial charge on any atom is 0.475 e. The zero-order valence-electron chi connectivity index (χ0n) is 33.3. The second kappa shape index (κ2) is 18.7. The molecule has 0 unspecified atom stereocenters. The lowest BCUT2D eigenvalue weighted by Gasteiger charge is -2.42. The fourth-order valence-corrected chi connectivity index (χ4v) is 8.32. The number of halogens is 2. The molecule has 320 valence electrons. The molecule has 4 heterocycles. The second-order valence-corrected chi connectivity index (χ2v) is 16.3. The van der Waals surface area contributed by atoms with Crippen molar-refractivity contribution in [1.82, 2.24) is 14.8 Å². The van der Waals surface area contributed by atoms with Gasteiger partial charge in [-0.2, -0.15) is 0 Å². The molecule has 0 saturated heterocycles. The Balaban J connectivity index is 1.05. The van der Waals surface area contributed by atoms with Gasteiger partial charge in [0.05, 0.1) is 31.6 Å². The van der Waals surface area contributed by atoms with Crippen LogP contribution in [0.4, 0.5) is 8.78 Å². The molecule has 1 aromatic heterocycles. The van der Waals surface area contributed by atoms with Crippen LogP contribution in [0.1, 0.15) is 76.7 Å². The van der Waals surface area contributed by atoms with Gasteiger partial charge in [-0.25, -0.2) is 13.3 Å². The number of nitrogens with one attached hydrogen (secondary N) is 1. The Morgan fingerprint density at radius 2 is 1.67 bits per heavy atom. The SMILES string of the molecule is CC1=NO[C@@]2(C=C[C@H](C)N3C[C@H]2n2cc(C(=O)NCc4ccc(F)cc4F)c(=O)c(OCOC(=O)CCCOP(=O)(OCc4ccccc4)OCc4ccccc4)c2C3=O)C1. The van der Waals surface area contributed by atoms with Crippen molar-refractivity contribution in [3.63, 3.8) is 0 Å². The van der Waals surface area contributed by atoms with E-state index in [1.54, 1.807) is 44.2 Å². The molecule has 2 amide bonds. The molecule has 61 heavy (non-hydrogen) atoms. The number of nitrogens with zero attached hydrogens (tertiary/aromatic N) is 3. The van der Waals surface area contributed by atoms with Crippen molar-refractivity contribution >= 4 is 31.3 Å². The van der Waals surface area contributed by atoms with Crippen molar-refractivity contribution in [2.24, 2.45) is 5.16 Å². The lowest BCUT2D eigenvalue weighted by Crippen LogP contribution is -2.53. The highest BCUT2D eigenvalue weighted by Gasteiger charge is 2.52. The molecule has 1 spiro atoms. The maximum atomic E-state index is 14.4. The second-order valence-electron chi connectivity index (χ2n) is 14.7. The molecule has 3 aliphatic heterocycles. The van der Waals surface area contributed by atoms with E-state index in [-0.39, 0.29) is 50.5 Å². The Morgan fingerprint density at radius 3 is 2.31 bits per heavy atom. The molecule has 0 saturated carbocycles. The highest BCUT2D eigenvalue weighted by molar-refractivity contribution is 7.48. The summed E-state index contributed by atoms with van der Waals surface area (Å²) in [7, 11) is -4.10. The number of amides is 2. The van der Waals surface area contributed by atoms with Crippen molar-refractivity contribution in [1.29, 1.82) is 0 Å². The first kappa shape index (κ1) is 43.1. The van der Waals surface area contributed by atoms with Gasteiger partial charge in [-0.3, -0.25) is 32.7 Å².